The van der Waals surface area contributed by atoms with Crippen molar-refractivity contribution < 1.29 is 19.0 Å². The number of guanidine groups is 1. The minimum absolute atomic E-state index is 0.0134. The van der Waals surface area contributed by atoms with E-state index in [0.717, 1.165) is 18.7 Å². The lowest BCUT2D eigenvalue weighted by Gasteiger charge is -2.35. The maximum Gasteiger partial charge on any atom is 0.227 e. The van der Waals surface area contributed by atoms with Crippen molar-refractivity contribution in [3.63, 3.8) is 0 Å². The zero-order valence-electron chi connectivity index (χ0n) is 20.3. The summed E-state index contributed by atoms with van der Waals surface area (Å²) in [4.78, 5) is 19.0. The van der Waals surface area contributed by atoms with Gasteiger partial charge >= 0.3 is 0 Å². The van der Waals surface area contributed by atoms with Crippen LogP contribution in [0.5, 0.6) is 11.5 Å². The molecule has 1 aliphatic rings. The highest BCUT2D eigenvalue weighted by Crippen LogP contribution is 2.32. The number of nitrogens with one attached hydrogen (secondary N) is 3. The Morgan fingerprint density at radius 2 is 1.84 bits per heavy atom. The number of ether oxygens (including phenoxy) is 3. The second kappa shape index (κ2) is 12.5. The van der Waals surface area contributed by atoms with E-state index in [1.807, 2.05) is 32.9 Å². The third-order valence-electron chi connectivity index (χ3n) is 5.62. The van der Waals surface area contributed by atoms with Crippen LogP contribution in [0, 0.1) is 5.41 Å². The molecule has 9 nitrogen and oxygen atoms in total. The zero-order valence-corrected chi connectivity index (χ0v) is 20.3. The van der Waals surface area contributed by atoms with Gasteiger partial charge in [-0.15, -0.1) is 0 Å². The Balaban J connectivity index is 2.11. The number of aliphatic imine (C=N–C) groups is 1. The van der Waals surface area contributed by atoms with Crippen molar-refractivity contribution in [1.82, 2.24) is 20.9 Å². The summed E-state index contributed by atoms with van der Waals surface area (Å²) in [6, 6.07) is 6.12. The van der Waals surface area contributed by atoms with Crippen molar-refractivity contribution in [3.8, 4) is 11.5 Å². The molecule has 3 N–H and O–H groups in total. The maximum absolute atomic E-state index is 12.3. The number of hydrogen-bond donors (Lipinski definition) is 3. The van der Waals surface area contributed by atoms with Crippen molar-refractivity contribution in [2.75, 3.05) is 67.2 Å². The smallest absolute Gasteiger partial charge is 0.227 e. The van der Waals surface area contributed by atoms with Crippen molar-refractivity contribution in [2.45, 2.75) is 26.8 Å². The number of morpholine rings is 1. The van der Waals surface area contributed by atoms with E-state index in [4.69, 9.17) is 14.2 Å². The molecule has 32 heavy (non-hydrogen) atoms. The molecule has 1 aliphatic heterocycles. The third kappa shape index (κ3) is 7.00. The molecule has 1 unspecified atom stereocenters. The molecular formula is C23H39N5O4. The van der Waals surface area contributed by atoms with Crippen LogP contribution < -0.4 is 25.4 Å². The summed E-state index contributed by atoms with van der Waals surface area (Å²) in [5.74, 6) is 2.07. The fraction of sp³-hybridized carbons (Fsp3) is 0.652. The molecule has 1 heterocycles. The van der Waals surface area contributed by atoms with E-state index in [1.165, 1.54) is 0 Å². The molecule has 1 aromatic carbocycles. The largest absolute Gasteiger partial charge is 0.493 e. The van der Waals surface area contributed by atoms with Gasteiger partial charge in [-0.1, -0.05) is 6.07 Å². The molecule has 1 aromatic rings. The molecule has 0 saturated carbocycles. The van der Waals surface area contributed by atoms with Gasteiger partial charge in [-0.05, 0) is 38.5 Å². The van der Waals surface area contributed by atoms with Crippen molar-refractivity contribution >= 4 is 11.9 Å². The molecule has 0 aromatic heterocycles. The molecular weight excluding hydrogens is 410 g/mol. The number of carbonyl (C=O) groups excluding carboxylic acids is 1. The van der Waals surface area contributed by atoms with E-state index in [-0.39, 0.29) is 11.9 Å². The maximum atomic E-state index is 12.3. The molecule has 1 atom stereocenters. The first-order chi connectivity index (χ1) is 15.4. The van der Waals surface area contributed by atoms with Crippen LogP contribution in [0.1, 0.15) is 32.4 Å². The standard InChI is InChI=1S/C23H39N5O4/c1-7-25-21(29)23(2,3)16-27-22(24-4)26-15-18(28-10-12-32-13-11-28)17-8-9-19(30-5)20(14-17)31-6/h8-9,14,18H,7,10-13,15-16H2,1-6H3,(H,25,29)(H2,24,26,27). The zero-order chi connectivity index (χ0) is 23.6. The van der Waals surface area contributed by atoms with Gasteiger partial charge in [0.1, 0.15) is 0 Å². The Morgan fingerprint density at radius 1 is 1.16 bits per heavy atom. The van der Waals surface area contributed by atoms with Crippen molar-refractivity contribution in [3.05, 3.63) is 23.8 Å². The molecule has 0 spiro atoms. The van der Waals surface area contributed by atoms with Gasteiger partial charge in [0.05, 0.1) is 38.9 Å². The van der Waals surface area contributed by atoms with E-state index in [2.05, 4.69) is 31.9 Å². The van der Waals surface area contributed by atoms with Crippen LogP contribution in [-0.4, -0.2) is 84.0 Å². The first kappa shape index (κ1) is 25.7. The summed E-state index contributed by atoms with van der Waals surface area (Å²) in [6.45, 7) is 10.6. The molecule has 1 amide bonds. The van der Waals surface area contributed by atoms with Gasteiger partial charge in [-0.2, -0.15) is 0 Å². The fourth-order valence-corrected chi connectivity index (χ4v) is 3.61. The van der Waals surface area contributed by atoms with E-state index in [1.54, 1.807) is 21.3 Å². The van der Waals surface area contributed by atoms with Gasteiger partial charge in [0.2, 0.25) is 5.91 Å². The van der Waals surface area contributed by atoms with E-state index < -0.39 is 5.41 Å². The lowest BCUT2D eigenvalue weighted by molar-refractivity contribution is -0.128. The number of nitrogens with zero attached hydrogens (tertiary/aromatic N) is 2. The number of carbonyl (C=O) groups is 1. The highest BCUT2D eigenvalue weighted by Gasteiger charge is 2.28. The summed E-state index contributed by atoms with van der Waals surface area (Å²) in [6.07, 6.45) is 0. The molecule has 1 saturated heterocycles. The van der Waals surface area contributed by atoms with Gasteiger partial charge in [-0.3, -0.25) is 14.7 Å². The minimum Gasteiger partial charge on any atom is -0.493 e. The van der Waals surface area contributed by atoms with E-state index in [9.17, 15) is 4.79 Å². The van der Waals surface area contributed by atoms with E-state index in [0.29, 0.717) is 50.3 Å². The summed E-state index contributed by atoms with van der Waals surface area (Å²) in [5, 5.41) is 9.60. The summed E-state index contributed by atoms with van der Waals surface area (Å²) in [7, 11) is 5.01. The van der Waals surface area contributed by atoms with Crippen molar-refractivity contribution in [2.24, 2.45) is 10.4 Å². The van der Waals surface area contributed by atoms with Crippen LogP contribution in [0.2, 0.25) is 0 Å². The highest BCUT2D eigenvalue weighted by atomic mass is 16.5. The second-order valence-electron chi connectivity index (χ2n) is 8.33. The Hall–Kier alpha value is -2.52. The SMILES string of the molecule is CCNC(=O)C(C)(C)CNC(=NC)NCC(c1ccc(OC)c(OC)c1)N1CCOCC1. The van der Waals surface area contributed by atoms with Gasteiger partial charge in [0.15, 0.2) is 17.5 Å². The second-order valence-corrected chi connectivity index (χ2v) is 8.33. The van der Waals surface area contributed by atoms with Gasteiger partial charge < -0.3 is 30.2 Å². The Bertz CT molecular complexity index is 763. The quantitative estimate of drug-likeness (QED) is 0.367. The van der Waals surface area contributed by atoms with Crippen LogP contribution in [0.3, 0.4) is 0 Å². The van der Waals surface area contributed by atoms with Crippen LogP contribution in [0.4, 0.5) is 0 Å². The summed E-state index contributed by atoms with van der Waals surface area (Å²) in [5.41, 5.74) is 0.566. The van der Waals surface area contributed by atoms with Gasteiger partial charge in [-0.25, -0.2) is 0 Å². The number of amides is 1. The molecule has 1 fully saturated rings. The lowest BCUT2D eigenvalue weighted by Crippen LogP contribution is -2.50. The van der Waals surface area contributed by atoms with Crippen LogP contribution in [0.15, 0.2) is 23.2 Å². The summed E-state index contributed by atoms with van der Waals surface area (Å²) < 4.78 is 16.5. The summed E-state index contributed by atoms with van der Waals surface area (Å²) >= 11 is 0. The Morgan fingerprint density at radius 3 is 2.44 bits per heavy atom. The first-order valence-electron chi connectivity index (χ1n) is 11.1. The number of methoxy groups -OCH3 is 2. The Labute approximate surface area is 191 Å². The molecule has 180 valence electrons. The predicted octanol–water partition coefficient (Wildman–Crippen LogP) is 1.40. The average molecular weight is 450 g/mol. The molecule has 9 heteroatoms. The number of rotatable bonds is 10. The molecule has 0 bridgehead atoms. The lowest BCUT2D eigenvalue weighted by atomic mass is 9.92. The Kier molecular flexibility index (Phi) is 10.1. The number of benzene rings is 1. The monoisotopic (exact) mass is 449 g/mol. The molecule has 0 aliphatic carbocycles. The van der Waals surface area contributed by atoms with Crippen LogP contribution in [-0.2, 0) is 9.53 Å². The number of hydrogen-bond acceptors (Lipinski definition) is 6. The van der Waals surface area contributed by atoms with Crippen molar-refractivity contribution in [1.29, 1.82) is 0 Å². The van der Waals surface area contributed by atoms with Gasteiger partial charge in [0.25, 0.3) is 0 Å². The van der Waals surface area contributed by atoms with Gasteiger partial charge in [0, 0.05) is 39.8 Å². The molecule has 0 radical (unpaired) electrons. The fourth-order valence-electron chi connectivity index (χ4n) is 3.61. The highest BCUT2D eigenvalue weighted by molar-refractivity contribution is 5.84. The average Bonchev–Trinajstić information content (AvgIpc) is 2.81. The third-order valence-corrected chi connectivity index (χ3v) is 5.62. The minimum atomic E-state index is -0.555. The predicted molar refractivity (Wildman–Crippen MR) is 127 cm³/mol. The normalized spacial score (nSPS) is 16.2. The van der Waals surface area contributed by atoms with E-state index >= 15 is 0 Å². The first-order valence-corrected chi connectivity index (χ1v) is 11.1. The molecule has 2 rings (SSSR count). The topological polar surface area (TPSA) is 96.5 Å². The van der Waals surface area contributed by atoms with Crippen LogP contribution in [0.25, 0.3) is 0 Å². The van der Waals surface area contributed by atoms with Crippen LogP contribution >= 0.6 is 0 Å².